The van der Waals surface area contributed by atoms with E-state index in [9.17, 15) is 4.79 Å². The number of hydrogen-bond acceptors (Lipinski definition) is 3. The number of rotatable bonds is 5. The number of para-hydroxylation sites is 1. The number of ether oxygens (including phenoxy) is 1. The third kappa shape index (κ3) is 3.92. The normalized spacial score (nSPS) is 11.1. The van der Waals surface area contributed by atoms with Crippen molar-refractivity contribution in [3.05, 3.63) is 35.9 Å². The molecule has 1 aromatic carbocycles. The van der Waals surface area contributed by atoms with E-state index in [1.807, 2.05) is 31.2 Å². The van der Waals surface area contributed by atoms with Crippen molar-refractivity contribution >= 4 is 11.5 Å². The summed E-state index contributed by atoms with van der Waals surface area (Å²) in [5.41, 5.74) is 1.70. The summed E-state index contributed by atoms with van der Waals surface area (Å²) in [6.45, 7) is 2.04. The van der Waals surface area contributed by atoms with Gasteiger partial charge in [0.2, 0.25) is 5.91 Å². The number of aliphatic hydroxyl groups is 1. The van der Waals surface area contributed by atoms with Gasteiger partial charge in [-0.15, -0.1) is 0 Å². The van der Waals surface area contributed by atoms with Gasteiger partial charge in [-0.3, -0.25) is 4.79 Å². The van der Waals surface area contributed by atoms with Crippen molar-refractivity contribution in [2.24, 2.45) is 0 Å². The summed E-state index contributed by atoms with van der Waals surface area (Å²) in [7, 11) is 1.60. The molecule has 0 bridgehead atoms. The van der Waals surface area contributed by atoms with Gasteiger partial charge in [-0.2, -0.15) is 0 Å². The van der Waals surface area contributed by atoms with Gasteiger partial charge in [0.1, 0.15) is 5.75 Å². The summed E-state index contributed by atoms with van der Waals surface area (Å²) >= 11 is 0. The number of allylic oxidation sites excluding steroid dienone is 1. The molecular formula is C13H17NO3. The predicted molar refractivity (Wildman–Crippen MR) is 66.7 cm³/mol. The topological polar surface area (TPSA) is 58.6 Å². The van der Waals surface area contributed by atoms with E-state index in [2.05, 4.69) is 5.32 Å². The van der Waals surface area contributed by atoms with Crippen LogP contribution >= 0.6 is 0 Å². The van der Waals surface area contributed by atoms with Crippen molar-refractivity contribution in [1.29, 1.82) is 0 Å². The summed E-state index contributed by atoms with van der Waals surface area (Å²) in [6.07, 6.45) is 1.49. The summed E-state index contributed by atoms with van der Waals surface area (Å²) in [5.74, 6) is 0.513. The molecule has 0 radical (unpaired) electrons. The molecule has 0 atom stereocenters. The minimum atomic E-state index is -0.220. The number of carbonyl (C=O) groups is 1. The number of methoxy groups -OCH3 is 1. The first-order valence-electron chi connectivity index (χ1n) is 5.39. The molecule has 0 aliphatic carbocycles. The van der Waals surface area contributed by atoms with Gasteiger partial charge in [-0.1, -0.05) is 18.2 Å². The Morgan fingerprint density at radius 2 is 2.18 bits per heavy atom. The lowest BCUT2D eigenvalue weighted by molar-refractivity contribution is -0.116. The number of nitrogens with one attached hydrogen (secondary N) is 1. The van der Waals surface area contributed by atoms with Crippen molar-refractivity contribution < 1.29 is 14.6 Å². The van der Waals surface area contributed by atoms with Crippen LogP contribution in [-0.2, 0) is 4.79 Å². The van der Waals surface area contributed by atoms with E-state index < -0.39 is 0 Å². The van der Waals surface area contributed by atoms with Crippen LogP contribution in [0.2, 0.25) is 0 Å². The van der Waals surface area contributed by atoms with Crippen molar-refractivity contribution in [2.45, 2.75) is 6.92 Å². The molecule has 0 spiro atoms. The second kappa shape index (κ2) is 6.70. The Labute approximate surface area is 101 Å². The smallest absolute Gasteiger partial charge is 0.244 e. The van der Waals surface area contributed by atoms with Crippen LogP contribution in [0.4, 0.5) is 0 Å². The van der Waals surface area contributed by atoms with Crippen molar-refractivity contribution in [2.75, 3.05) is 20.3 Å². The van der Waals surface area contributed by atoms with E-state index in [4.69, 9.17) is 9.84 Å². The molecular weight excluding hydrogens is 218 g/mol. The van der Waals surface area contributed by atoms with Crippen LogP contribution < -0.4 is 10.1 Å². The highest BCUT2D eigenvalue weighted by Crippen LogP contribution is 2.24. The molecule has 0 fully saturated rings. The van der Waals surface area contributed by atoms with Crippen LogP contribution in [0.3, 0.4) is 0 Å². The first-order valence-corrected chi connectivity index (χ1v) is 5.39. The fourth-order valence-electron chi connectivity index (χ4n) is 1.47. The van der Waals surface area contributed by atoms with Gasteiger partial charge >= 0.3 is 0 Å². The molecule has 0 unspecified atom stereocenters. The fourth-order valence-corrected chi connectivity index (χ4v) is 1.47. The Morgan fingerprint density at radius 3 is 2.82 bits per heavy atom. The van der Waals surface area contributed by atoms with Crippen LogP contribution in [0.1, 0.15) is 12.5 Å². The van der Waals surface area contributed by atoms with E-state index in [-0.39, 0.29) is 19.1 Å². The molecule has 0 aromatic heterocycles. The third-order valence-corrected chi connectivity index (χ3v) is 2.29. The number of carbonyl (C=O) groups excluding carboxylic acids is 1. The lowest BCUT2D eigenvalue weighted by Crippen LogP contribution is -2.24. The summed E-state index contributed by atoms with van der Waals surface area (Å²) in [6, 6.07) is 7.50. The minimum absolute atomic E-state index is 0.0622. The molecule has 0 heterocycles. The lowest BCUT2D eigenvalue weighted by Gasteiger charge is -2.08. The summed E-state index contributed by atoms with van der Waals surface area (Å²) in [4.78, 5) is 11.4. The molecule has 1 amide bonds. The molecule has 17 heavy (non-hydrogen) atoms. The number of aliphatic hydroxyl groups excluding tert-OH is 1. The molecule has 1 aromatic rings. The van der Waals surface area contributed by atoms with E-state index >= 15 is 0 Å². The van der Waals surface area contributed by atoms with Crippen LogP contribution in [-0.4, -0.2) is 31.3 Å². The van der Waals surface area contributed by atoms with Gasteiger partial charge in [0.25, 0.3) is 0 Å². The quantitative estimate of drug-likeness (QED) is 0.754. The Kier molecular flexibility index (Phi) is 5.23. The van der Waals surface area contributed by atoms with E-state index in [1.165, 1.54) is 6.08 Å². The number of benzene rings is 1. The first-order chi connectivity index (χ1) is 8.19. The van der Waals surface area contributed by atoms with Gasteiger partial charge < -0.3 is 15.2 Å². The second-order valence-corrected chi connectivity index (χ2v) is 3.54. The van der Waals surface area contributed by atoms with Gasteiger partial charge in [-0.25, -0.2) is 0 Å². The molecule has 2 N–H and O–H groups in total. The molecule has 1 rings (SSSR count). The Hall–Kier alpha value is -1.81. The number of hydrogen-bond donors (Lipinski definition) is 2. The molecule has 0 saturated heterocycles. The SMILES string of the molecule is COc1ccccc1/C(C)=C/C(=O)NCCO. The highest BCUT2D eigenvalue weighted by Gasteiger charge is 2.05. The van der Waals surface area contributed by atoms with Crippen LogP contribution in [0.5, 0.6) is 5.75 Å². The summed E-state index contributed by atoms with van der Waals surface area (Å²) < 4.78 is 5.22. The van der Waals surface area contributed by atoms with Gasteiger partial charge in [0, 0.05) is 18.2 Å². The van der Waals surface area contributed by atoms with E-state index in [0.717, 1.165) is 16.9 Å². The molecule has 4 heteroatoms. The Balaban J connectivity index is 2.84. The standard InChI is InChI=1S/C13H17NO3/c1-10(9-13(16)14-7-8-15)11-5-3-4-6-12(11)17-2/h3-6,9,15H,7-8H2,1-2H3,(H,14,16)/b10-9+. The highest BCUT2D eigenvalue weighted by molar-refractivity contribution is 5.95. The van der Waals surface area contributed by atoms with E-state index in [0.29, 0.717) is 0 Å². The fraction of sp³-hybridized carbons (Fsp3) is 0.308. The van der Waals surface area contributed by atoms with E-state index in [1.54, 1.807) is 7.11 Å². The molecule has 0 saturated carbocycles. The molecule has 0 aliphatic heterocycles. The number of amides is 1. The summed E-state index contributed by atoms with van der Waals surface area (Å²) in [5, 5.41) is 11.2. The van der Waals surface area contributed by atoms with Crippen molar-refractivity contribution in [1.82, 2.24) is 5.32 Å². The third-order valence-electron chi connectivity index (χ3n) is 2.29. The monoisotopic (exact) mass is 235 g/mol. The average Bonchev–Trinajstić information content (AvgIpc) is 2.36. The van der Waals surface area contributed by atoms with Crippen LogP contribution in [0.15, 0.2) is 30.3 Å². The van der Waals surface area contributed by atoms with Crippen molar-refractivity contribution in [3.63, 3.8) is 0 Å². The molecule has 92 valence electrons. The van der Waals surface area contributed by atoms with Crippen molar-refractivity contribution in [3.8, 4) is 5.75 Å². The predicted octanol–water partition coefficient (Wildman–Crippen LogP) is 1.21. The molecule has 0 aliphatic rings. The largest absolute Gasteiger partial charge is 0.496 e. The first kappa shape index (κ1) is 13.3. The van der Waals surface area contributed by atoms with Gasteiger partial charge in [-0.05, 0) is 18.6 Å². The average molecular weight is 235 g/mol. The van der Waals surface area contributed by atoms with Gasteiger partial charge in [0.15, 0.2) is 0 Å². The Bertz CT molecular complexity index is 413. The zero-order valence-electron chi connectivity index (χ0n) is 10.1. The zero-order chi connectivity index (χ0) is 12.7. The minimum Gasteiger partial charge on any atom is -0.496 e. The zero-order valence-corrected chi connectivity index (χ0v) is 10.1. The second-order valence-electron chi connectivity index (χ2n) is 3.54. The molecule has 4 nitrogen and oxygen atoms in total. The van der Waals surface area contributed by atoms with Crippen LogP contribution in [0, 0.1) is 0 Å². The maximum atomic E-state index is 11.4. The maximum absolute atomic E-state index is 11.4. The van der Waals surface area contributed by atoms with Crippen LogP contribution in [0.25, 0.3) is 5.57 Å². The highest BCUT2D eigenvalue weighted by atomic mass is 16.5. The maximum Gasteiger partial charge on any atom is 0.244 e. The lowest BCUT2D eigenvalue weighted by atomic mass is 10.1. The van der Waals surface area contributed by atoms with Gasteiger partial charge in [0.05, 0.1) is 13.7 Å². The Morgan fingerprint density at radius 1 is 1.47 bits per heavy atom.